The highest BCUT2D eigenvalue weighted by Gasteiger charge is 2.13. The fraction of sp³-hybridized carbons (Fsp3) is 0.300. The van der Waals surface area contributed by atoms with Gasteiger partial charge in [0.05, 0.1) is 10.7 Å². The fourth-order valence-electron chi connectivity index (χ4n) is 2.36. The standard InChI is InChI=1S/C20H23N3O5S/c1-21(2)16-6-4-15(5-7-16)12-22(3)19(24)13-28-20(25)14-29-18-10-8-17(9-11-18)23(26)27/h4-11H,12-14H2,1-3H3. The van der Waals surface area contributed by atoms with Crippen LogP contribution in [0.4, 0.5) is 11.4 Å². The van der Waals surface area contributed by atoms with E-state index in [0.29, 0.717) is 11.4 Å². The zero-order valence-electron chi connectivity index (χ0n) is 16.5. The van der Waals surface area contributed by atoms with Gasteiger partial charge in [-0.25, -0.2) is 0 Å². The van der Waals surface area contributed by atoms with Crippen LogP contribution in [0.1, 0.15) is 5.56 Å². The number of likely N-dealkylation sites (N-methyl/N-ethyl adjacent to an activating group) is 1. The van der Waals surface area contributed by atoms with Crippen molar-refractivity contribution in [3.63, 3.8) is 0 Å². The zero-order chi connectivity index (χ0) is 21.4. The Hall–Kier alpha value is -3.07. The minimum Gasteiger partial charge on any atom is -0.455 e. The smallest absolute Gasteiger partial charge is 0.316 e. The summed E-state index contributed by atoms with van der Waals surface area (Å²) in [5, 5.41) is 10.6. The highest BCUT2D eigenvalue weighted by Crippen LogP contribution is 2.21. The molecule has 0 heterocycles. The fourth-order valence-corrected chi connectivity index (χ4v) is 3.06. The Labute approximate surface area is 173 Å². The molecule has 0 N–H and O–H groups in total. The molecule has 0 atom stereocenters. The molecule has 0 saturated heterocycles. The van der Waals surface area contributed by atoms with E-state index in [2.05, 4.69) is 0 Å². The van der Waals surface area contributed by atoms with Crippen molar-refractivity contribution in [2.75, 3.05) is 38.4 Å². The average molecular weight is 417 g/mol. The first-order valence-corrected chi connectivity index (χ1v) is 9.78. The van der Waals surface area contributed by atoms with Crippen LogP contribution in [0.3, 0.4) is 0 Å². The first-order chi connectivity index (χ1) is 13.8. The number of esters is 1. The molecule has 0 unspecified atom stereocenters. The normalized spacial score (nSPS) is 10.3. The lowest BCUT2D eigenvalue weighted by Crippen LogP contribution is -2.31. The van der Waals surface area contributed by atoms with Crippen molar-refractivity contribution < 1.29 is 19.2 Å². The first-order valence-electron chi connectivity index (χ1n) is 8.79. The van der Waals surface area contributed by atoms with E-state index in [1.807, 2.05) is 43.3 Å². The summed E-state index contributed by atoms with van der Waals surface area (Å²) in [5.74, 6) is -0.804. The van der Waals surface area contributed by atoms with E-state index >= 15 is 0 Å². The van der Waals surface area contributed by atoms with Crippen LogP contribution in [0.25, 0.3) is 0 Å². The molecule has 2 aromatic carbocycles. The van der Waals surface area contributed by atoms with Gasteiger partial charge in [-0.2, -0.15) is 0 Å². The lowest BCUT2D eigenvalue weighted by molar-refractivity contribution is -0.384. The van der Waals surface area contributed by atoms with Crippen molar-refractivity contribution in [3.05, 3.63) is 64.2 Å². The Bertz CT molecular complexity index is 853. The summed E-state index contributed by atoms with van der Waals surface area (Å²) < 4.78 is 5.03. The number of amides is 1. The highest BCUT2D eigenvalue weighted by molar-refractivity contribution is 8.00. The van der Waals surface area contributed by atoms with E-state index < -0.39 is 10.9 Å². The minimum absolute atomic E-state index is 0.0121. The largest absolute Gasteiger partial charge is 0.455 e. The summed E-state index contributed by atoms with van der Waals surface area (Å²) in [7, 11) is 5.57. The van der Waals surface area contributed by atoms with E-state index in [4.69, 9.17) is 4.74 Å². The maximum atomic E-state index is 12.2. The molecule has 0 fully saturated rings. The Morgan fingerprint density at radius 2 is 1.66 bits per heavy atom. The second-order valence-electron chi connectivity index (χ2n) is 6.51. The third-order valence-corrected chi connectivity index (χ3v) is 5.04. The highest BCUT2D eigenvalue weighted by atomic mass is 32.2. The molecule has 2 aromatic rings. The van der Waals surface area contributed by atoms with E-state index in [-0.39, 0.29) is 24.0 Å². The summed E-state index contributed by atoms with van der Waals surface area (Å²) in [4.78, 5) is 38.4. The zero-order valence-corrected chi connectivity index (χ0v) is 17.3. The topological polar surface area (TPSA) is 93.0 Å². The number of carbonyl (C=O) groups excluding carboxylic acids is 2. The molecule has 0 aliphatic carbocycles. The number of nitrogens with zero attached hydrogens (tertiary/aromatic N) is 3. The molecule has 0 radical (unpaired) electrons. The van der Waals surface area contributed by atoms with Gasteiger partial charge in [-0.05, 0) is 29.8 Å². The van der Waals surface area contributed by atoms with Gasteiger partial charge in [-0.1, -0.05) is 12.1 Å². The van der Waals surface area contributed by atoms with Gasteiger partial charge in [0.25, 0.3) is 11.6 Å². The van der Waals surface area contributed by atoms with Crippen molar-refractivity contribution in [1.82, 2.24) is 4.90 Å². The number of carbonyl (C=O) groups is 2. The second-order valence-corrected chi connectivity index (χ2v) is 7.56. The van der Waals surface area contributed by atoms with Crippen LogP contribution in [-0.2, 0) is 20.9 Å². The van der Waals surface area contributed by atoms with Crippen LogP contribution in [0.15, 0.2) is 53.4 Å². The third kappa shape index (κ3) is 7.11. The van der Waals surface area contributed by atoms with Gasteiger partial charge < -0.3 is 14.5 Å². The molecule has 0 aliphatic rings. The van der Waals surface area contributed by atoms with Gasteiger partial charge in [0.1, 0.15) is 0 Å². The maximum Gasteiger partial charge on any atom is 0.316 e. The van der Waals surface area contributed by atoms with E-state index in [1.165, 1.54) is 28.8 Å². The van der Waals surface area contributed by atoms with Gasteiger partial charge in [-0.3, -0.25) is 19.7 Å². The summed E-state index contributed by atoms with van der Waals surface area (Å²) in [6.45, 7) is 0.0908. The molecule has 0 saturated carbocycles. The third-order valence-electron chi connectivity index (χ3n) is 4.06. The quantitative estimate of drug-likeness (QED) is 0.268. The number of benzene rings is 2. The molecule has 154 valence electrons. The average Bonchev–Trinajstić information content (AvgIpc) is 2.71. The van der Waals surface area contributed by atoms with Gasteiger partial charge in [0, 0.05) is 50.4 Å². The van der Waals surface area contributed by atoms with Crippen molar-refractivity contribution in [2.24, 2.45) is 0 Å². The number of hydrogen-bond donors (Lipinski definition) is 0. The van der Waals surface area contributed by atoms with Crippen LogP contribution >= 0.6 is 11.8 Å². The molecule has 0 spiro atoms. The lowest BCUT2D eigenvalue weighted by atomic mass is 10.2. The van der Waals surface area contributed by atoms with Crippen molar-refractivity contribution in [2.45, 2.75) is 11.4 Å². The van der Waals surface area contributed by atoms with E-state index in [0.717, 1.165) is 11.3 Å². The predicted molar refractivity (Wildman–Crippen MR) is 112 cm³/mol. The van der Waals surface area contributed by atoms with Crippen LogP contribution < -0.4 is 4.90 Å². The lowest BCUT2D eigenvalue weighted by Gasteiger charge is -2.18. The molecule has 29 heavy (non-hydrogen) atoms. The molecule has 1 amide bonds. The summed E-state index contributed by atoms with van der Waals surface area (Å²) in [6, 6.07) is 13.7. The summed E-state index contributed by atoms with van der Waals surface area (Å²) in [5.41, 5.74) is 2.04. The Kier molecular flexibility index (Phi) is 8.02. The van der Waals surface area contributed by atoms with Crippen LogP contribution in [0.2, 0.25) is 0 Å². The maximum absolute atomic E-state index is 12.2. The minimum atomic E-state index is -0.523. The van der Waals surface area contributed by atoms with E-state index in [9.17, 15) is 19.7 Å². The molecular weight excluding hydrogens is 394 g/mol. The molecule has 9 heteroatoms. The SMILES string of the molecule is CN(Cc1ccc(N(C)C)cc1)C(=O)COC(=O)CSc1ccc([N+](=O)[O-])cc1. The molecule has 0 aromatic heterocycles. The van der Waals surface area contributed by atoms with Crippen LogP contribution in [0.5, 0.6) is 0 Å². The summed E-state index contributed by atoms with van der Waals surface area (Å²) in [6.07, 6.45) is 0. The monoisotopic (exact) mass is 417 g/mol. The van der Waals surface area contributed by atoms with Gasteiger partial charge in [0.2, 0.25) is 0 Å². The van der Waals surface area contributed by atoms with Crippen LogP contribution in [0, 0.1) is 10.1 Å². The van der Waals surface area contributed by atoms with Crippen LogP contribution in [-0.4, -0.2) is 55.2 Å². The van der Waals surface area contributed by atoms with Gasteiger partial charge in [0.15, 0.2) is 6.61 Å². The molecule has 8 nitrogen and oxygen atoms in total. The number of nitro benzene ring substituents is 1. The molecule has 0 bridgehead atoms. The molecule has 0 aliphatic heterocycles. The Balaban J connectivity index is 1.74. The number of ether oxygens (including phenoxy) is 1. The predicted octanol–water partition coefficient (Wildman–Crippen LogP) is 2.95. The Morgan fingerprint density at radius 1 is 1.03 bits per heavy atom. The van der Waals surface area contributed by atoms with Gasteiger partial charge >= 0.3 is 5.97 Å². The number of hydrogen-bond acceptors (Lipinski definition) is 7. The number of nitro groups is 1. The number of anilines is 1. The van der Waals surface area contributed by atoms with Crippen molar-refractivity contribution >= 4 is 35.0 Å². The number of thioether (sulfide) groups is 1. The van der Waals surface area contributed by atoms with Crippen molar-refractivity contribution in [1.29, 1.82) is 0 Å². The molecule has 2 rings (SSSR count). The summed E-state index contributed by atoms with van der Waals surface area (Å²) >= 11 is 1.19. The number of non-ortho nitro benzene ring substituents is 1. The number of rotatable bonds is 9. The molecular formula is C20H23N3O5S. The first kappa shape index (κ1) is 22.2. The van der Waals surface area contributed by atoms with E-state index in [1.54, 1.807) is 19.2 Å². The Morgan fingerprint density at radius 3 is 2.21 bits per heavy atom. The van der Waals surface area contributed by atoms with Crippen molar-refractivity contribution in [3.8, 4) is 0 Å². The second kappa shape index (κ2) is 10.5. The van der Waals surface area contributed by atoms with Gasteiger partial charge in [-0.15, -0.1) is 11.8 Å².